The molecule has 32 heavy (non-hydrogen) atoms. The molecule has 4 aromatic rings. The predicted molar refractivity (Wildman–Crippen MR) is 120 cm³/mol. The zero-order valence-corrected chi connectivity index (χ0v) is 17.4. The molecular weight excluding hydrogens is 408 g/mol. The molecule has 0 fully saturated rings. The predicted octanol–water partition coefficient (Wildman–Crippen LogP) is 3.29. The lowest BCUT2D eigenvalue weighted by molar-refractivity contribution is -0.117. The average Bonchev–Trinajstić information content (AvgIpc) is 3.48. The number of nitrogens with zero attached hydrogens (tertiary/aromatic N) is 1. The maximum absolute atomic E-state index is 12.8. The third-order valence-corrected chi connectivity index (χ3v) is 4.76. The van der Waals surface area contributed by atoms with Crippen molar-refractivity contribution >= 4 is 28.9 Å². The first-order valence-electron chi connectivity index (χ1n) is 10.0. The highest BCUT2D eigenvalue weighted by Gasteiger charge is 2.15. The Bertz CT molecular complexity index is 1210. The molecule has 162 valence electrons. The minimum absolute atomic E-state index is 0.0744. The van der Waals surface area contributed by atoms with Crippen LogP contribution in [0.2, 0.25) is 0 Å². The minimum Gasteiger partial charge on any atom is -0.497 e. The second kappa shape index (κ2) is 9.65. The fourth-order valence-corrected chi connectivity index (χ4v) is 3.12. The highest BCUT2D eigenvalue weighted by Crippen LogP contribution is 2.13. The van der Waals surface area contributed by atoms with Gasteiger partial charge in [-0.2, -0.15) is 0 Å². The van der Waals surface area contributed by atoms with Gasteiger partial charge in [-0.15, -0.1) is 0 Å². The molecule has 0 saturated heterocycles. The first-order chi connectivity index (χ1) is 15.6. The van der Waals surface area contributed by atoms with Crippen molar-refractivity contribution in [2.45, 2.75) is 6.42 Å². The van der Waals surface area contributed by atoms with Crippen LogP contribution < -0.4 is 15.4 Å². The van der Waals surface area contributed by atoms with Crippen LogP contribution in [0.15, 0.2) is 77.0 Å². The third kappa shape index (κ3) is 5.04. The summed E-state index contributed by atoms with van der Waals surface area (Å²) in [5.41, 5.74) is 2.29. The molecule has 0 aliphatic rings. The molecule has 3 N–H and O–H groups in total. The summed E-state index contributed by atoms with van der Waals surface area (Å²) in [5, 5.41) is 5.48. The van der Waals surface area contributed by atoms with Gasteiger partial charge in [0.05, 0.1) is 24.4 Å². The maximum Gasteiger partial charge on any atom is 0.267 e. The highest BCUT2D eigenvalue weighted by molar-refractivity contribution is 6.05. The van der Waals surface area contributed by atoms with Crippen LogP contribution in [0.1, 0.15) is 21.9 Å². The molecule has 4 rings (SSSR count). The van der Waals surface area contributed by atoms with E-state index in [2.05, 4.69) is 20.6 Å². The molecule has 0 unspecified atom stereocenters. The summed E-state index contributed by atoms with van der Waals surface area (Å²) in [7, 11) is 1.55. The van der Waals surface area contributed by atoms with Crippen molar-refractivity contribution in [3.05, 3.63) is 89.8 Å². The summed E-state index contributed by atoms with van der Waals surface area (Å²) < 4.78 is 10.4. The van der Waals surface area contributed by atoms with Gasteiger partial charge in [0.2, 0.25) is 0 Å². The lowest BCUT2D eigenvalue weighted by Crippen LogP contribution is -2.35. The van der Waals surface area contributed by atoms with E-state index in [1.54, 1.807) is 43.5 Å². The second-order valence-corrected chi connectivity index (χ2v) is 6.96. The van der Waals surface area contributed by atoms with Crippen LogP contribution >= 0.6 is 0 Å². The van der Waals surface area contributed by atoms with Gasteiger partial charge in [-0.25, -0.2) is 4.98 Å². The van der Waals surface area contributed by atoms with E-state index < -0.39 is 11.8 Å². The molecule has 0 bridgehead atoms. The molecule has 0 atom stereocenters. The number of fused-ring (bicyclic) bond motifs is 1. The number of H-pyrrole nitrogens is 1. The maximum atomic E-state index is 12.8. The van der Waals surface area contributed by atoms with Gasteiger partial charge in [0.25, 0.3) is 11.8 Å². The van der Waals surface area contributed by atoms with E-state index in [1.165, 1.54) is 12.3 Å². The molecule has 0 saturated carbocycles. The van der Waals surface area contributed by atoms with Crippen molar-refractivity contribution in [1.82, 2.24) is 20.6 Å². The van der Waals surface area contributed by atoms with Gasteiger partial charge in [0, 0.05) is 24.6 Å². The molecule has 2 amide bonds. The Morgan fingerprint density at radius 3 is 2.62 bits per heavy atom. The van der Waals surface area contributed by atoms with E-state index in [0.29, 0.717) is 30.0 Å². The number of ether oxygens (including phenoxy) is 1. The molecule has 2 aromatic heterocycles. The van der Waals surface area contributed by atoms with Crippen molar-refractivity contribution in [2.24, 2.45) is 0 Å². The first-order valence-corrected chi connectivity index (χ1v) is 10.0. The van der Waals surface area contributed by atoms with Gasteiger partial charge < -0.3 is 24.8 Å². The first kappa shape index (κ1) is 20.9. The Balaban J connectivity index is 1.43. The van der Waals surface area contributed by atoms with Crippen LogP contribution in [0.5, 0.6) is 5.75 Å². The number of carbonyl (C=O) groups is 2. The number of para-hydroxylation sites is 2. The van der Waals surface area contributed by atoms with Crippen LogP contribution in [0.4, 0.5) is 0 Å². The van der Waals surface area contributed by atoms with Gasteiger partial charge in [0.1, 0.15) is 23.0 Å². The van der Waals surface area contributed by atoms with E-state index in [1.807, 2.05) is 24.3 Å². The molecule has 0 spiro atoms. The molecule has 0 aliphatic carbocycles. The Morgan fingerprint density at radius 1 is 1.09 bits per heavy atom. The lowest BCUT2D eigenvalue weighted by atomic mass is 10.2. The molecule has 2 aromatic carbocycles. The van der Waals surface area contributed by atoms with Crippen molar-refractivity contribution in [3.63, 3.8) is 0 Å². The number of aromatic amines is 1. The van der Waals surface area contributed by atoms with Crippen LogP contribution in [-0.4, -0.2) is 35.4 Å². The van der Waals surface area contributed by atoms with Crippen molar-refractivity contribution in [1.29, 1.82) is 0 Å². The van der Waals surface area contributed by atoms with Crippen molar-refractivity contribution in [3.8, 4) is 5.75 Å². The van der Waals surface area contributed by atoms with E-state index >= 15 is 0 Å². The number of methoxy groups -OCH3 is 1. The number of hydrogen-bond acceptors (Lipinski definition) is 5. The summed E-state index contributed by atoms with van der Waals surface area (Å²) in [6, 6.07) is 17.7. The minimum atomic E-state index is -0.431. The van der Waals surface area contributed by atoms with E-state index in [9.17, 15) is 9.59 Å². The summed E-state index contributed by atoms with van der Waals surface area (Å²) >= 11 is 0. The van der Waals surface area contributed by atoms with E-state index in [4.69, 9.17) is 9.15 Å². The van der Waals surface area contributed by atoms with Crippen LogP contribution in [-0.2, 0) is 11.2 Å². The third-order valence-electron chi connectivity index (χ3n) is 4.76. The molecule has 2 heterocycles. The fourth-order valence-electron chi connectivity index (χ4n) is 3.12. The van der Waals surface area contributed by atoms with E-state index in [-0.39, 0.29) is 5.70 Å². The standard InChI is InChI=1S/C24H22N4O4/c1-31-17-10-8-16(9-11-17)23(29)28-21(15-18-5-4-14-32-18)24(30)25-13-12-22-26-19-6-2-3-7-20(19)27-22/h2-11,14-15H,12-13H2,1H3,(H,25,30)(H,26,27)(H,28,29). The summed E-state index contributed by atoms with van der Waals surface area (Å²) in [6.45, 7) is 0.340. The summed E-state index contributed by atoms with van der Waals surface area (Å²) in [6.07, 6.45) is 3.49. The quantitative estimate of drug-likeness (QED) is 0.372. The van der Waals surface area contributed by atoms with Crippen molar-refractivity contribution < 1.29 is 18.7 Å². The highest BCUT2D eigenvalue weighted by atomic mass is 16.5. The number of aromatic nitrogens is 2. The average molecular weight is 430 g/mol. The van der Waals surface area contributed by atoms with Gasteiger partial charge in [0.15, 0.2) is 0 Å². The topological polar surface area (TPSA) is 109 Å². The number of benzene rings is 2. The number of nitrogens with one attached hydrogen (secondary N) is 3. The van der Waals surface area contributed by atoms with Crippen LogP contribution in [0.3, 0.4) is 0 Å². The number of rotatable bonds is 8. The van der Waals surface area contributed by atoms with E-state index in [0.717, 1.165) is 16.9 Å². The Morgan fingerprint density at radius 2 is 1.91 bits per heavy atom. The molecule has 0 radical (unpaired) electrons. The molecule has 8 heteroatoms. The summed E-state index contributed by atoms with van der Waals surface area (Å²) in [4.78, 5) is 33.2. The number of furan rings is 1. The van der Waals surface area contributed by atoms with Crippen LogP contribution in [0, 0.1) is 0 Å². The smallest absolute Gasteiger partial charge is 0.267 e. The normalized spacial score (nSPS) is 11.3. The largest absolute Gasteiger partial charge is 0.497 e. The number of imidazole rings is 1. The summed E-state index contributed by atoms with van der Waals surface area (Å²) in [5.74, 6) is 1.00. The Labute approximate surface area is 184 Å². The number of amides is 2. The number of carbonyl (C=O) groups excluding carboxylic acids is 2. The number of hydrogen-bond donors (Lipinski definition) is 3. The van der Waals surface area contributed by atoms with Gasteiger partial charge in [-0.05, 0) is 48.5 Å². The SMILES string of the molecule is COc1ccc(C(=O)NC(=Cc2ccco2)C(=O)NCCc2nc3ccccc3[nH]2)cc1. The van der Waals surface area contributed by atoms with Crippen molar-refractivity contribution in [2.75, 3.05) is 13.7 Å². The van der Waals surface area contributed by atoms with Gasteiger partial charge >= 0.3 is 0 Å². The molecule has 0 aliphatic heterocycles. The second-order valence-electron chi connectivity index (χ2n) is 6.96. The zero-order valence-electron chi connectivity index (χ0n) is 17.4. The monoisotopic (exact) mass is 430 g/mol. The Hall–Kier alpha value is -4.33. The Kier molecular flexibility index (Phi) is 6.31. The zero-order chi connectivity index (χ0) is 22.3. The molecular formula is C24H22N4O4. The lowest BCUT2D eigenvalue weighted by Gasteiger charge is -2.11. The van der Waals surface area contributed by atoms with Gasteiger partial charge in [-0.3, -0.25) is 9.59 Å². The van der Waals surface area contributed by atoms with Crippen LogP contribution in [0.25, 0.3) is 17.1 Å². The molecule has 8 nitrogen and oxygen atoms in total. The fraction of sp³-hybridized carbons (Fsp3) is 0.125. The van der Waals surface area contributed by atoms with Gasteiger partial charge in [-0.1, -0.05) is 12.1 Å².